The van der Waals surface area contributed by atoms with Gasteiger partial charge in [0.25, 0.3) is 0 Å². The van der Waals surface area contributed by atoms with Crippen molar-refractivity contribution >= 4 is 58.0 Å². The van der Waals surface area contributed by atoms with Crippen molar-refractivity contribution in [1.29, 1.82) is 0 Å². The maximum atomic E-state index is 12.4. The van der Waals surface area contributed by atoms with Crippen LogP contribution < -0.4 is 5.32 Å². The molecule has 0 bridgehead atoms. The summed E-state index contributed by atoms with van der Waals surface area (Å²) in [7, 11) is 1.89. The fraction of sp³-hybridized carbons (Fsp3) is 0.375. The number of carbonyl (C=O) groups is 1. The summed E-state index contributed by atoms with van der Waals surface area (Å²) in [6, 6.07) is 8.38. The minimum Gasteiger partial charge on any atom is -0.341 e. The van der Waals surface area contributed by atoms with Gasteiger partial charge in [-0.2, -0.15) is 0 Å². The zero-order chi connectivity index (χ0) is 15.5. The van der Waals surface area contributed by atoms with Gasteiger partial charge in [0.2, 0.25) is 5.91 Å². The number of halogens is 3. The zero-order valence-corrected chi connectivity index (χ0v) is 17.2. The van der Waals surface area contributed by atoms with Crippen LogP contribution in [0.1, 0.15) is 12.1 Å². The van der Waals surface area contributed by atoms with Crippen molar-refractivity contribution < 1.29 is 4.79 Å². The standard InChI is InChI=1S/C16H18BrN3OS.2ClH/c1-20(14-5-6-18-9-14)15(21)8-13-10-22-16(19-13)11-3-2-4-12(17)7-11;;/h2-4,7,10,14,18H,5-6,8-9H2,1H3;2*1H. The summed E-state index contributed by atoms with van der Waals surface area (Å²) >= 11 is 5.06. The van der Waals surface area contributed by atoms with E-state index in [0.717, 1.165) is 40.2 Å². The maximum Gasteiger partial charge on any atom is 0.228 e. The van der Waals surface area contributed by atoms with Crippen molar-refractivity contribution in [3.8, 4) is 10.6 Å². The van der Waals surface area contributed by atoms with E-state index in [1.165, 1.54) is 0 Å². The Morgan fingerprint density at radius 3 is 2.92 bits per heavy atom. The van der Waals surface area contributed by atoms with Gasteiger partial charge < -0.3 is 10.2 Å². The summed E-state index contributed by atoms with van der Waals surface area (Å²) in [5, 5.41) is 6.23. The molecule has 24 heavy (non-hydrogen) atoms. The summed E-state index contributed by atoms with van der Waals surface area (Å²) in [6.45, 7) is 1.88. The topological polar surface area (TPSA) is 45.2 Å². The molecule has 0 saturated carbocycles. The molecule has 132 valence electrons. The number of nitrogens with zero attached hydrogens (tertiary/aromatic N) is 2. The molecule has 1 unspecified atom stereocenters. The van der Waals surface area contributed by atoms with Gasteiger partial charge in [-0.05, 0) is 25.1 Å². The Morgan fingerprint density at radius 2 is 2.25 bits per heavy atom. The van der Waals surface area contributed by atoms with Gasteiger partial charge in [0.15, 0.2) is 0 Å². The molecule has 1 amide bonds. The molecule has 1 aliphatic rings. The van der Waals surface area contributed by atoms with Gasteiger partial charge in [0, 0.05) is 35.1 Å². The van der Waals surface area contributed by atoms with Gasteiger partial charge in [-0.1, -0.05) is 28.1 Å². The van der Waals surface area contributed by atoms with Crippen LogP contribution in [0.25, 0.3) is 10.6 Å². The molecule has 8 heteroatoms. The van der Waals surface area contributed by atoms with Crippen LogP contribution in [0, 0.1) is 0 Å². The fourth-order valence-electron chi connectivity index (χ4n) is 2.60. The first-order valence-corrected chi connectivity index (χ1v) is 8.97. The molecule has 2 heterocycles. The van der Waals surface area contributed by atoms with Gasteiger partial charge in [0.1, 0.15) is 5.01 Å². The van der Waals surface area contributed by atoms with Gasteiger partial charge in [0.05, 0.1) is 12.1 Å². The predicted molar refractivity (Wildman–Crippen MR) is 107 cm³/mol. The lowest BCUT2D eigenvalue weighted by atomic mass is 10.2. The number of hydrogen-bond acceptors (Lipinski definition) is 4. The van der Waals surface area contributed by atoms with E-state index in [-0.39, 0.29) is 30.7 Å². The molecule has 2 aromatic rings. The number of rotatable bonds is 4. The van der Waals surface area contributed by atoms with Crippen LogP contribution in [-0.2, 0) is 11.2 Å². The van der Waals surface area contributed by atoms with Crippen molar-refractivity contribution in [3.05, 3.63) is 39.8 Å². The Hall–Kier alpha value is -0.660. The molecule has 1 atom stereocenters. The van der Waals surface area contributed by atoms with E-state index in [1.54, 1.807) is 11.3 Å². The number of benzene rings is 1. The molecule has 1 fully saturated rings. The Morgan fingerprint density at radius 1 is 1.46 bits per heavy atom. The van der Waals surface area contributed by atoms with E-state index in [9.17, 15) is 4.79 Å². The van der Waals surface area contributed by atoms with E-state index in [0.29, 0.717) is 12.5 Å². The highest BCUT2D eigenvalue weighted by atomic mass is 79.9. The van der Waals surface area contributed by atoms with Crippen molar-refractivity contribution in [2.45, 2.75) is 18.9 Å². The molecule has 4 nitrogen and oxygen atoms in total. The number of thiazole rings is 1. The normalized spacial score (nSPS) is 16.2. The summed E-state index contributed by atoms with van der Waals surface area (Å²) in [5.41, 5.74) is 1.93. The first kappa shape index (κ1) is 21.4. The second-order valence-electron chi connectivity index (χ2n) is 5.48. The Bertz CT molecular complexity index is 677. The van der Waals surface area contributed by atoms with Crippen molar-refractivity contribution in [3.63, 3.8) is 0 Å². The highest BCUT2D eigenvalue weighted by Crippen LogP contribution is 2.26. The molecule has 1 aliphatic heterocycles. The third kappa shape index (κ3) is 5.17. The number of hydrogen-bond donors (Lipinski definition) is 1. The summed E-state index contributed by atoms with van der Waals surface area (Å²) < 4.78 is 1.03. The zero-order valence-electron chi connectivity index (χ0n) is 13.2. The number of carbonyl (C=O) groups excluding carboxylic acids is 1. The van der Waals surface area contributed by atoms with Crippen LogP contribution in [0.15, 0.2) is 34.1 Å². The molecule has 0 spiro atoms. The van der Waals surface area contributed by atoms with Crippen LogP contribution in [0.4, 0.5) is 0 Å². The minimum atomic E-state index is 0. The van der Waals surface area contributed by atoms with Gasteiger partial charge >= 0.3 is 0 Å². The van der Waals surface area contributed by atoms with E-state index in [1.807, 2.05) is 41.6 Å². The van der Waals surface area contributed by atoms with Crippen LogP contribution in [-0.4, -0.2) is 42.0 Å². The SMILES string of the molecule is CN(C(=O)Cc1csc(-c2cccc(Br)c2)n1)C1CCNC1.Cl.Cl. The van der Waals surface area contributed by atoms with Crippen molar-refractivity contribution in [2.75, 3.05) is 20.1 Å². The lowest BCUT2D eigenvalue weighted by molar-refractivity contribution is -0.130. The molecule has 3 rings (SSSR count). The lowest BCUT2D eigenvalue weighted by Gasteiger charge is -2.23. The molecule has 0 aliphatic carbocycles. The molecule has 1 aromatic carbocycles. The van der Waals surface area contributed by atoms with E-state index in [2.05, 4.69) is 26.2 Å². The fourth-order valence-corrected chi connectivity index (χ4v) is 3.81. The second kappa shape index (κ2) is 9.73. The molecular weight excluding hydrogens is 433 g/mol. The largest absolute Gasteiger partial charge is 0.341 e. The van der Waals surface area contributed by atoms with Gasteiger partial charge in [-0.15, -0.1) is 36.2 Å². The Labute approximate surface area is 167 Å². The summed E-state index contributed by atoms with van der Waals surface area (Å²) in [6.07, 6.45) is 1.40. The third-order valence-corrected chi connectivity index (χ3v) is 5.36. The Kier molecular flexibility index (Phi) is 8.67. The molecule has 1 saturated heterocycles. The van der Waals surface area contributed by atoms with E-state index < -0.39 is 0 Å². The smallest absolute Gasteiger partial charge is 0.228 e. The first-order chi connectivity index (χ1) is 10.6. The highest BCUT2D eigenvalue weighted by Gasteiger charge is 2.23. The van der Waals surface area contributed by atoms with E-state index >= 15 is 0 Å². The third-order valence-electron chi connectivity index (χ3n) is 3.93. The van der Waals surface area contributed by atoms with Crippen LogP contribution in [0.3, 0.4) is 0 Å². The molecule has 1 aromatic heterocycles. The number of aromatic nitrogens is 1. The highest BCUT2D eigenvalue weighted by molar-refractivity contribution is 9.10. The quantitative estimate of drug-likeness (QED) is 0.767. The average Bonchev–Trinajstić information content (AvgIpc) is 3.18. The summed E-state index contributed by atoms with van der Waals surface area (Å²) in [4.78, 5) is 18.8. The Balaban J connectivity index is 0.00000144. The first-order valence-electron chi connectivity index (χ1n) is 7.30. The van der Waals surface area contributed by atoms with Gasteiger partial charge in [-0.25, -0.2) is 4.98 Å². The van der Waals surface area contributed by atoms with Crippen LogP contribution >= 0.6 is 52.1 Å². The maximum absolute atomic E-state index is 12.4. The minimum absolute atomic E-state index is 0. The number of amides is 1. The molecule has 0 radical (unpaired) electrons. The predicted octanol–water partition coefficient (Wildman–Crippen LogP) is 3.78. The van der Waals surface area contributed by atoms with E-state index in [4.69, 9.17) is 0 Å². The summed E-state index contributed by atoms with van der Waals surface area (Å²) in [5.74, 6) is 0.139. The van der Waals surface area contributed by atoms with Crippen LogP contribution in [0.2, 0.25) is 0 Å². The second-order valence-corrected chi connectivity index (χ2v) is 7.26. The number of nitrogens with one attached hydrogen (secondary N) is 1. The van der Waals surface area contributed by atoms with Crippen molar-refractivity contribution in [2.24, 2.45) is 0 Å². The average molecular weight is 453 g/mol. The van der Waals surface area contributed by atoms with Crippen LogP contribution in [0.5, 0.6) is 0 Å². The molecule has 1 N–H and O–H groups in total. The lowest BCUT2D eigenvalue weighted by Crippen LogP contribution is -2.39. The van der Waals surface area contributed by atoms with Gasteiger partial charge in [-0.3, -0.25) is 4.79 Å². The number of likely N-dealkylation sites (N-methyl/N-ethyl adjacent to an activating group) is 1. The molecular formula is C16H20BrCl2N3OS. The van der Waals surface area contributed by atoms with Crippen molar-refractivity contribution in [1.82, 2.24) is 15.2 Å². The monoisotopic (exact) mass is 451 g/mol.